The SMILES string of the molecule is C=C(C(=O)O)c1ccc(C=Cc2ccc(N(c3ccccc3)c3ccc(Cl)cc3)cc2)cc1. The zero-order valence-electron chi connectivity index (χ0n) is 17.9. The van der Waals surface area contributed by atoms with Crippen LogP contribution in [0.3, 0.4) is 0 Å². The number of carbonyl (C=O) groups is 1. The molecule has 0 spiro atoms. The highest BCUT2D eigenvalue weighted by atomic mass is 35.5. The van der Waals surface area contributed by atoms with Gasteiger partial charge in [0.25, 0.3) is 0 Å². The van der Waals surface area contributed by atoms with Crippen LogP contribution in [-0.2, 0) is 4.79 Å². The Morgan fingerprint density at radius 3 is 1.67 bits per heavy atom. The lowest BCUT2D eigenvalue weighted by Gasteiger charge is -2.25. The Morgan fingerprint density at radius 2 is 1.15 bits per heavy atom. The van der Waals surface area contributed by atoms with Crippen molar-refractivity contribution in [2.24, 2.45) is 0 Å². The van der Waals surface area contributed by atoms with Gasteiger partial charge < -0.3 is 10.0 Å². The molecule has 0 unspecified atom stereocenters. The summed E-state index contributed by atoms with van der Waals surface area (Å²) in [7, 11) is 0. The average molecular weight is 452 g/mol. The van der Waals surface area contributed by atoms with Crippen LogP contribution in [0.1, 0.15) is 16.7 Å². The Bertz CT molecular complexity index is 1280. The number of carboxylic acid groups (broad SMARTS) is 1. The van der Waals surface area contributed by atoms with Crippen molar-refractivity contribution >= 4 is 52.4 Å². The van der Waals surface area contributed by atoms with Gasteiger partial charge in [0.05, 0.1) is 5.57 Å². The normalized spacial score (nSPS) is 10.8. The minimum absolute atomic E-state index is 0.0878. The maximum atomic E-state index is 11.0. The van der Waals surface area contributed by atoms with Gasteiger partial charge in [-0.2, -0.15) is 0 Å². The first kappa shape index (κ1) is 22.1. The molecular weight excluding hydrogens is 430 g/mol. The molecule has 33 heavy (non-hydrogen) atoms. The molecule has 0 bridgehead atoms. The molecule has 3 nitrogen and oxygen atoms in total. The molecule has 0 aliphatic carbocycles. The molecule has 162 valence electrons. The van der Waals surface area contributed by atoms with Gasteiger partial charge in [-0.25, -0.2) is 4.79 Å². The van der Waals surface area contributed by atoms with Crippen molar-refractivity contribution in [2.75, 3.05) is 4.90 Å². The number of benzene rings is 4. The Hall–Kier alpha value is -4.08. The average Bonchev–Trinajstić information content (AvgIpc) is 2.85. The number of rotatable bonds is 7. The standard InChI is InChI=1S/C29H22ClNO2/c1-21(29(32)33)24-13-9-22(10-14-24)7-8-23-11-17-27(18-12-23)31(26-5-3-2-4-6-26)28-19-15-25(30)16-20-28/h2-20H,1H2,(H,32,33). The van der Waals surface area contributed by atoms with Crippen molar-refractivity contribution in [3.8, 4) is 0 Å². The van der Waals surface area contributed by atoms with Gasteiger partial charge in [0.1, 0.15) is 0 Å². The van der Waals surface area contributed by atoms with E-state index < -0.39 is 5.97 Å². The molecule has 4 aromatic carbocycles. The molecule has 0 aliphatic heterocycles. The molecule has 1 N–H and O–H groups in total. The molecule has 0 radical (unpaired) electrons. The molecule has 4 aromatic rings. The lowest BCUT2D eigenvalue weighted by Crippen LogP contribution is -2.09. The largest absolute Gasteiger partial charge is 0.478 e. The van der Waals surface area contributed by atoms with Gasteiger partial charge in [0, 0.05) is 22.1 Å². The summed E-state index contributed by atoms with van der Waals surface area (Å²) < 4.78 is 0. The van der Waals surface area contributed by atoms with E-state index in [2.05, 4.69) is 47.9 Å². The molecule has 0 aromatic heterocycles. The molecular formula is C29H22ClNO2. The van der Waals surface area contributed by atoms with Gasteiger partial charge in [-0.1, -0.05) is 84.9 Å². The van der Waals surface area contributed by atoms with E-state index in [-0.39, 0.29) is 5.57 Å². The fraction of sp³-hybridized carbons (Fsp3) is 0. The van der Waals surface area contributed by atoms with Crippen LogP contribution in [0.25, 0.3) is 17.7 Å². The number of para-hydroxylation sites is 1. The molecule has 0 amide bonds. The molecule has 0 atom stereocenters. The minimum Gasteiger partial charge on any atom is -0.478 e. The molecule has 0 fully saturated rings. The second kappa shape index (κ2) is 10.0. The molecule has 0 saturated heterocycles. The maximum Gasteiger partial charge on any atom is 0.335 e. The summed E-state index contributed by atoms with van der Waals surface area (Å²) in [4.78, 5) is 13.2. The zero-order valence-corrected chi connectivity index (χ0v) is 18.6. The van der Waals surface area contributed by atoms with Crippen LogP contribution >= 0.6 is 11.6 Å². The van der Waals surface area contributed by atoms with Crippen LogP contribution in [0.2, 0.25) is 5.02 Å². The third kappa shape index (κ3) is 5.40. The maximum absolute atomic E-state index is 11.0. The van der Waals surface area contributed by atoms with Gasteiger partial charge in [-0.3, -0.25) is 0 Å². The van der Waals surface area contributed by atoms with Crippen LogP contribution < -0.4 is 4.90 Å². The van der Waals surface area contributed by atoms with Crippen molar-refractivity contribution in [3.63, 3.8) is 0 Å². The van der Waals surface area contributed by atoms with Crippen LogP contribution in [0.4, 0.5) is 17.1 Å². The van der Waals surface area contributed by atoms with Crippen molar-refractivity contribution in [2.45, 2.75) is 0 Å². The summed E-state index contributed by atoms with van der Waals surface area (Å²) in [6.45, 7) is 3.59. The van der Waals surface area contributed by atoms with Gasteiger partial charge in [0.2, 0.25) is 0 Å². The molecule has 4 rings (SSSR count). The van der Waals surface area contributed by atoms with Crippen molar-refractivity contribution in [1.29, 1.82) is 0 Å². The number of aliphatic carboxylic acids is 1. The minimum atomic E-state index is -1.01. The highest BCUT2D eigenvalue weighted by molar-refractivity contribution is 6.30. The van der Waals surface area contributed by atoms with Crippen molar-refractivity contribution in [1.82, 2.24) is 0 Å². The van der Waals surface area contributed by atoms with Crippen molar-refractivity contribution in [3.05, 3.63) is 131 Å². The smallest absolute Gasteiger partial charge is 0.335 e. The quantitative estimate of drug-likeness (QED) is 0.228. The highest BCUT2D eigenvalue weighted by Crippen LogP contribution is 2.35. The summed E-state index contributed by atoms with van der Waals surface area (Å²) in [5, 5.41) is 9.75. The summed E-state index contributed by atoms with van der Waals surface area (Å²) in [5.41, 5.74) is 5.85. The monoisotopic (exact) mass is 451 g/mol. The van der Waals surface area contributed by atoms with E-state index in [0.717, 1.165) is 28.2 Å². The van der Waals surface area contributed by atoms with Crippen molar-refractivity contribution < 1.29 is 9.90 Å². The Kier molecular flexibility index (Phi) is 6.72. The third-order valence-electron chi connectivity index (χ3n) is 5.24. The second-order valence-corrected chi connectivity index (χ2v) is 7.91. The summed E-state index contributed by atoms with van der Waals surface area (Å²) in [5.74, 6) is -1.01. The van der Waals surface area contributed by atoms with Crippen LogP contribution in [0.15, 0.2) is 110 Å². The fourth-order valence-corrected chi connectivity index (χ4v) is 3.59. The first-order chi connectivity index (χ1) is 16.0. The Balaban J connectivity index is 1.56. The van der Waals surface area contributed by atoms with Gasteiger partial charge in [0.15, 0.2) is 0 Å². The summed E-state index contributed by atoms with van der Waals surface area (Å²) in [6.07, 6.45) is 4.02. The van der Waals surface area contributed by atoms with E-state index in [1.54, 1.807) is 12.1 Å². The number of hydrogen-bond donors (Lipinski definition) is 1. The third-order valence-corrected chi connectivity index (χ3v) is 5.49. The predicted octanol–water partition coefficient (Wildman–Crippen LogP) is 8.08. The van der Waals surface area contributed by atoms with E-state index in [4.69, 9.17) is 16.7 Å². The second-order valence-electron chi connectivity index (χ2n) is 7.48. The molecule has 0 saturated carbocycles. The summed E-state index contributed by atoms with van der Waals surface area (Å²) >= 11 is 6.10. The first-order valence-corrected chi connectivity index (χ1v) is 10.8. The Morgan fingerprint density at radius 1 is 0.697 bits per heavy atom. The topological polar surface area (TPSA) is 40.5 Å². The van der Waals surface area contributed by atoms with Gasteiger partial charge >= 0.3 is 5.97 Å². The van der Waals surface area contributed by atoms with Crippen LogP contribution in [0, 0.1) is 0 Å². The summed E-state index contributed by atoms with van der Waals surface area (Å²) in [6, 6.07) is 33.6. The molecule has 0 aliphatic rings. The number of carboxylic acids is 1. The van der Waals surface area contributed by atoms with E-state index in [1.807, 2.05) is 66.7 Å². The number of anilines is 3. The highest BCUT2D eigenvalue weighted by Gasteiger charge is 2.12. The number of hydrogen-bond acceptors (Lipinski definition) is 2. The van der Waals surface area contributed by atoms with E-state index in [0.29, 0.717) is 10.6 Å². The van der Waals surface area contributed by atoms with Gasteiger partial charge in [-0.05, 0) is 65.2 Å². The van der Waals surface area contributed by atoms with Gasteiger partial charge in [-0.15, -0.1) is 0 Å². The van der Waals surface area contributed by atoms with E-state index in [1.165, 1.54) is 0 Å². The van der Waals surface area contributed by atoms with Crippen LogP contribution in [-0.4, -0.2) is 11.1 Å². The number of halogens is 1. The Labute approximate surface area is 198 Å². The lowest BCUT2D eigenvalue weighted by molar-refractivity contribution is -0.130. The fourth-order valence-electron chi connectivity index (χ4n) is 3.46. The van der Waals surface area contributed by atoms with E-state index in [9.17, 15) is 4.79 Å². The molecule has 4 heteroatoms. The zero-order chi connectivity index (χ0) is 23.2. The predicted molar refractivity (Wildman–Crippen MR) is 138 cm³/mol. The van der Waals surface area contributed by atoms with E-state index >= 15 is 0 Å². The lowest BCUT2D eigenvalue weighted by atomic mass is 10.0. The molecule has 0 heterocycles. The number of nitrogens with zero attached hydrogens (tertiary/aromatic N) is 1. The van der Waals surface area contributed by atoms with Crippen LogP contribution in [0.5, 0.6) is 0 Å². The first-order valence-electron chi connectivity index (χ1n) is 10.4.